The normalized spacial score (nSPS) is 18.3. The molecule has 1 aromatic carbocycles. The van der Waals surface area contributed by atoms with E-state index in [9.17, 15) is 8.42 Å². The van der Waals surface area contributed by atoms with Crippen LogP contribution >= 0.6 is 11.6 Å². The van der Waals surface area contributed by atoms with Crippen LogP contribution in [0.5, 0.6) is 5.75 Å². The Morgan fingerprint density at radius 3 is 2.32 bits per heavy atom. The van der Waals surface area contributed by atoms with Crippen molar-refractivity contribution in [2.24, 2.45) is 0 Å². The molecule has 0 aliphatic carbocycles. The van der Waals surface area contributed by atoms with Crippen LogP contribution in [0.3, 0.4) is 0 Å². The molecule has 2 saturated heterocycles. The summed E-state index contributed by atoms with van der Waals surface area (Å²) in [6.07, 6.45) is 3.63. The van der Waals surface area contributed by atoms with E-state index in [0.29, 0.717) is 42.9 Å². The number of sulfonamides is 1. The number of nitrogens with zero attached hydrogens (tertiary/aromatic N) is 5. The van der Waals surface area contributed by atoms with Crippen LogP contribution in [0.1, 0.15) is 25.0 Å². The van der Waals surface area contributed by atoms with Gasteiger partial charge < -0.3 is 14.5 Å². The molecule has 2 aliphatic rings. The van der Waals surface area contributed by atoms with Gasteiger partial charge in [-0.2, -0.15) is 9.29 Å². The predicted molar refractivity (Wildman–Crippen MR) is 122 cm³/mol. The molecule has 1 aromatic heterocycles. The van der Waals surface area contributed by atoms with Crippen molar-refractivity contribution in [3.63, 3.8) is 0 Å². The second kappa shape index (κ2) is 9.18. The van der Waals surface area contributed by atoms with Crippen molar-refractivity contribution < 1.29 is 13.2 Å². The number of benzene rings is 1. The third kappa shape index (κ3) is 4.73. The van der Waals surface area contributed by atoms with Crippen LogP contribution in [0, 0.1) is 6.92 Å². The maximum absolute atomic E-state index is 13.2. The summed E-state index contributed by atoms with van der Waals surface area (Å²) in [5.74, 6) is 1.92. The van der Waals surface area contributed by atoms with Crippen molar-refractivity contribution >= 4 is 33.4 Å². The van der Waals surface area contributed by atoms with Crippen molar-refractivity contribution in [2.45, 2.75) is 31.1 Å². The quantitative estimate of drug-likeness (QED) is 0.671. The highest BCUT2D eigenvalue weighted by atomic mass is 35.5. The van der Waals surface area contributed by atoms with Gasteiger partial charge in [0, 0.05) is 56.1 Å². The molecule has 0 unspecified atom stereocenters. The second-order valence-corrected chi connectivity index (χ2v) is 10.2. The molecule has 2 aliphatic heterocycles. The maximum Gasteiger partial charge on any atom is 0.246 e. The number of rotatable bonds is 5. The van der Waals surface area contributed by atoms with Crippen LogP contribution in [0.15, 0.2) is 29.2 Å². The number of aryl methyl sites for hydroxylation is 1. The molecule has 0 amide bonds. The minimum Gasteiger partial charge on any atom is -0.495 e. The van der Waals surface area contributed by atoms with E-state index in [1.807, 2.05) is 13.0 Å². The number of piperazine rings is 1. The molecule has 0 spiro atoms. The van der Waals surface area contributed by atoms with E-state index in [4.69, 9.17) is 21.3 Å². The minimum absolute atomic E-state index is 0.0927. The molecule has 8 nitrogen and oxygen atoms in total. The average Bonchev–Trinajstić information content (AvgIpc) is 2.79. The molecule has 2 aromatic rings. The first-order valence-corrected chi connectivity index (χ1v) is 12.4. The van der Waals surface area contributed by atoms with E-state index in [-0.39, 0.29) is 4.90 Å². The Labute approximate surface area is 188 Å². The SMILES string of the molecule is COc1ccc(Cl)cc1S(=O)(=O)N1CCN(c2nc(C)cc(N3CCCCC3)n2)CC1. The number of hydrogen-bond acceptors (Lipinski definition) is 7. The Morgan fingerprint density at radius 1 is 0.935 bits per heavy atom. The molecule has 10 heteroatoms. The zero-order chi connectivity index (χ0) is 22.0. The highest BCUT2D eigenvalue weighted by molar-refractivity contribution is 7.89. The largest absolute Gasteiger partial charge is 0.495 e. The van der Waals surface area contributed by atoms with Crippen LogP contribution in [0.4, 0.5) is 11.8 Å². The summed E-state index contributed by atoms with van der Waals surface area (Å²) in [5, 5.41) is 0.358. The average molecular weight is 466 g/mol. The van der Waals surface area contributed by atoms with Crippen molar-refractivity contribution in [2.75, 3.05) is 56.2 Å². The van der Waals surface area contributed by atoms with Gasteiger partial charge in [0.25, 0.3) is 0 Å². The molecule has 0 N–H and O–H groups in total. The highest BCUT2D eigenvalue weighted by Gasteiger charge is 2.32. The van der Waals surface area contributed by atoms with E-state index in [1.165, 1.54) is 36.7 Å². The van der Waals surface area contributed by atoms with Crippen molar-refractivity contribution in [1.29, 1.82) is 0 Å². The smallest absolute Gasteiger partial charge is 0.246 e. The standard InChI is InChI=1S/C21H28ClN5O3S/c1-16-14-20(25-8-4-3-5-9-25)24-21(23-16)26-10-12-27(13-11-26)31(28,29)19-15-17(22)6-7-18(19)30-2/h6-7,14-15H,3-5,8-13H2,1-2H3. The highest BCUT2D eigenvalue weighted by Crippen LogP contribution is 2.30. The molecule has 4 rings (SSSR count). The summed E-state index contributed by atoms with van der Waals surface area (Å²) in [5.41, 5.74) is 0.921. The van der Waals surface area contributed by atoms with E-state index in [0.717, 1.165) is 24.6 Å². The number of methoxy groups -OCH3 is 1. The van der Waals surface area contributed by atoms with Gasteiger partial charge in [0.1, 0.15) is 16.5 Å². The van der Waals surface area contributed by atoms with Gasteiger partial charge in [-0.25, -0.2) is 13.4 Å². The van der Waals surface area contributed by atoms with E-state index in [2.05, 4.69) is 14.8 Å². The van der Waals surface area contributed by atoms with Crippen LogP contribution in [-0.2, 0) is 10.0 Å². The maximum atomic E-state index is 13.2. The zero-order valence-corrected chi connectivity index (χ0v) is 19.5. The van der Waals surface area contributed by atoms with Gasteiger partial charge >= 0.3 is 0 Å². The number of halogens is 1. The zero-order valence-electron chi connectivity index (χ0n) is 17.9. The summed E-state index contributed by atoms with van der Waals surface area (Å²) in [4.78, 5) is 13.9. The molecular weight excluding hydrogens is 438 g/mol. The molecule has 168 valence electrons. The molecule has 3 heterocycles. The lowest BCUT2D eigenvalue weighted by atomic mass is 10.1. The molecule has 0 radical (unpaired) electrons. The number of piperidine rings is 1. The molecular formula is C21H28ClN5O3S. The van der Waals surface area contributed by atoms with Crippen LogP contribution in [0.2, 0.25) is 5.02 Å². The van der Waals surface area contributed by atoms with Crippen molar-refractivity contribution in [3.05, 3.63) is 35.0 Å². The summed E-state index contributed by atoms with van der Waals surface area (Å²) >= 11 is 6.05. The van der Waals surface area contributed by atoms with Crippen molar-refractivity contribution in [3.8, 4) is 5.75 Å². The lowest BCUT2D eigenvalue weighted by molar-refractivity contribution is 0.372. The van der Waals surface area contributed by atoms with Crippen LogP contribution < -0.4 is 14.5 Å². The van der Waals surface area contributed by atoms with Gasteiger partial charge in [0.15, 0.2) is 0 Å². The first-order valence-electron chi connectivity index (χ1n) is 10.6. The summed E-state index contributed by atoms with van der Waals surface area (Å²) < 4.78 is 33.1. The molecule has 0 atom stereocenters. The lowest BCUT2D eigenvalue weighted by Crippen LogP contribution is -2.49. The lowest BCUT2D eigenvalue weighted by Gasteiger charge is -2.35. The third-order valence-corrected chi connectivity index (χ3v) is 7.93. The van der Waals surface area contributed by atoms with Crippen LogP contribution in [-0.4, -0.2) is 69.1 Å². The fourth-order valence-electron chi connectivity index (χ4n) is 4.08. The number of anilines is 2. The molecule has 2 fully saturated rings. The molecule has 0 saturated carbocycles. The predicted octanol–water partition coefficient (Wildman–Crippen LogP) is 2.95. The van der Waals surface area contributed by atoms with Crippen LogP contribution in [0.25, 0.3) is 0 Å². The number of hydrogen-bond donors (Lipinski definition) is 0. The van der Waals surface area contributed by atoms with Gasteiger partial charge in [-0.15, -0.1) is 0 Å². The Balaban J connectivity index is 1.50. The van der Waals surface area contributed by atoms with Gasteiger partial charge in [-0.3, -0.25) is 0 Å². The minimum atomic E-state index is -3.72. The van der Waals surface area contributed by atoms with Gasteiger partial charge in [-0.05, 0) is 44.4 Å². The fraction of sp³-hybridized carbons (Fsp3) is 0.524. The van der Waals surface area contributed by atoms with E-state index in [1.54, 1.807) is 12.1 Å². The molecule has 31 heavy (non-hydrogen) atoms. The Kier molecular flexibility index (Phi) is 6.55. The Morgan fingerprint density at radius 2 is 1.65 bits per heavy atom. The Bertz CT molecular complexity index is 1040. The van der Waals surface area contributed by atoms with Crippen molar-refractivity contribution in [1.82, 2.24) is 14.3 Å². The second-order valence-electron chi connectivity index (χ2n) is 7.90. The summed E-state index contributed by atoms with van der Waals surface area (Å²) in [6, 6.07) is 6.66. The third-order valence-electron chi connectivity index (χ3n) is 5.77. The first-order chi connectivity index (χ1) is 14.9. The number of aromatic nitrogens is 2. The first kappa shape index (κ1) is 22.1. The summed E-state index contributed by atoms with van der Waals surface area (Å²) in [7, 11) is -2.26. The monoisotopic (exact) mass is 465 g/mol. The number of ether oxygens (including phenoxy) is 1. The summed E-state index contributed by atoms with van der Waals surface area (Å²) in [6.45, 7) is 5.73. The Hall–Kier alpha value is -2.10. The van der Waals surface area contributed by atoms with Gasteiger partial charge in [0.2, 0.25) is 16.0 Å². The topological polar surface area (TPSA) is 78.9 Å². The van der Waals surface area contributed by atoms with E-state index < -0.39 is 10.0 Å². The van der Waals surface area contributed by atoms with Gasteiger partial charge in [-0.1, -0.05) is 11.6 Å². The fourth-order valence-corrected chi connectivity index (χ4v) is 5.92. The van der Waals surface area contributed by atoms with Gasteiger partial charge in [0.05, 0.1) is 7.11 Å². The molecule has 0 bridgehead atoms. The van der Waals surface area contributed by atoms with E-state index >= 15 is 0 Å².